The fourth-order valence-corrected chi connectivity index (χ4v) is 5.17. The number of quaternary nitrogens is 1. The van der Waals surface area contributed by atoms with Gasteiger partial charge >= 0.3 is 0 Å². The van der Waals surface area contributed by atoms with Gasteiger partial charge in [-0.25, -0.2) is 0 Å². The van der Waals surface area contributed by atoms with E-state index in [4.69, 9.17) is 0 Å². The van der Waals surface area contributed by atoms with E-state index in [0.29, 0.717) is 23.8 Å². The lowest BCUT2D eigenvalue weighted by Crippen LogP contribution is -3.02. The highest BCUT2D eigenvalue weighted by Gasteiger charge is 2.54. The van der Waals surface area contributed by atoms with Crippen LogP contribution < -0.4 is 10.6 Å². The number of nitrogens with two attached hydrogens (primary N) is 1. The molecule has 108 valence electrons. The van der Waals surface area contributed by atoms with Crippen LogP contribution in [-0.4, -0.2) is 31.0 Å². The van der Waals surface area contributed by atoms with Crippen LogP contribution in [0.5, 0.6) is 0 Å². The van der Waals surface area contributed by atoms with Gasteiger partial charge in [0.1, 0.15) is 5.78 Å². The molecule has 1 heterocycles. The van der Waals surface area contributed by atoms with Gasteiger partial charge in [0.15, 0.2) is 0 Å². The van der Waals surface area contributed by atoms with Crippen LogP contribution in [0.25, 0.3) is 0 Å². The van der Waals surface area contributed by atoms with Gasteiger partial charge in [-0.3, -0.25) is 4.79 Å². The first-order valence-corrected chi connectivity index (χ1v) is 8.07. The second-order valence-corrected chi connectivity index (χ2v) is 7.82. The molecule has 0 spiro atoms. The summed E-state index contributed by atoms with van der Waals surface area (Å²) in [7, 11) is 2.06. The predicted octanol–water partition coefficient (Wildman–Crippen LogP) is 1.08. The molecule has 19 heavy (non-hydrogen) atoms. The highest BCUT2D eigenvalue weighted by molar-refractivity contribution is 5.84. The number of nitrogens with one attached hydrogen (secondary N) is 1. The Bertz CT molecular complexity index is 366. The van der Waals surface area contributed by atoms with Gasteiger partial charge in [0.05, 0.1) is 18.0 Å². The Balaban J connectivity index is 1.87. The number of carbonyl (C=O) groups excluding carboxylic acids is 1. The van der Waals surface area contributed by atoms with Gasteiger partial charge in [-0.05, 0) is 31.7 Å². The van der Waals surface area contributed by atoms with Crippen molar-refractivity contribution >= 4 is 5.78 Å². The van der Waals surface area contributed by atoms with Gasteiger partial charge < -0.3 is 10.6 Å². The molecule has 3 nitrogen and oxygen atoms in total. The van der Waals surface area contributed by atoms with Crippen LogP contribution in [0.1, 0.15) is 52.4 Å². The SMILES string of the molecule is CNC1C2CCCCC2[NH2+]C2CC(C)(C)CC(=O)C21. The molecule has 1 aliphatic heterocycles. The normalized spacial score (nSPS) is 45.4. The second kappa shape index (κ2) is 4.85. The van der Waals surface area contributed by atoms with E-state index in [1.807, 2.05) is 0 Å². The van der Waals surface area contributed by atoms with E-state index in [2.05, 4.69) is 31.5 Å². The lowest BCUT2D eigenvalue weighted by Gasteiger charge is -2.51. The first kappa shape index (κ1) is 13.6. The van der Waals surface area contributed by atoms with Crippen molar-refractivity contribution in [1.29, 1.82) is 0 Å². The Hall–Kier alpha value is -0.410. The Labute approximate surface area is 116 Å². The molecule has 2 saturated carbocycles. The third kappa shape index (κ3) is 2.36. The maximum atomic E-state index is 12.6. The topological polar surface area (TPSA) is 45.7 Å². The number of hydrogen-bond donors (Lipinski definition) is 2. The van der Waals surface area contributed by atoms with Crippen LogP contribution >= 0.6 is 0 Å². The van der Waals surface area contributed by atoms with E-state index in [1.54, 1.807) is 0 Å². The molecule has 3 aliphatic rings. The van der Waals surface area contributed by atoms with Crippen molar-refractivity contribution in [3.05, 3.63) is 0 Å². The van der Waals surface area contributed by atoms with Crippen molar-refractivity contribution in [2.75, 3.05) is 7.05 Å². The quantitative estimate of drug-likeness (QED) is 0.745. The van der Waals surface area contributed by atoms with Crippen LogP contribution in [-0.2, 0) is 4.79 Å². The Morgan fingerprint density at radius 3 is 2.68 bits per heavy atom. The number of ketones is 1. The molecule has 0 aromatic rings. The second-order valence-electron chi connectivity index (χ2n) is 7.82. The number of rotatable bonds is 1. The molecule has 3 heteroatoms. The minimum atomic E-state index is 0.203. The van der Waals surface area contributed by atoms with Crippen LogP contribution in [0.4, 0.5) is 0 Å². The zero-order chi connectivity index (χ0) is 13.6. The van der Waals surface area contributed by atoms with Gasteiger partial charge in [0.25, 0.3) is 0 Å². The van der Waals surface area contributed by atoms with Gasteiger partial charge in [-0.2, -0.15) is 0 Å². The average molecular weight is 265 g/mol. The van der Waals surface area contributed by atoms with Crippen molar-refractivity contribution in [1.82, 2.24) is 5.32 Å². The first-order valence-electron chi connectivity index (χ1n) is 8.07. The fraction of sp³-hybridized carbons (Fsp3) is 0.938. The number of Topliss-reactive ketones (excluding diaryl/α,β-unsaturated/α-hetero) is 1. The summed E-state index contributed by atoms with van der Waals surface area (Å²) < 4.78 is 0. The van der Waals surface area contributed by atoms with Crippen molar-refractivity contribution in [3.63, 3.8) is 0 Å². The van der Waals surface area contributed by atoms with Crippen molar-refractivity contribution < 1.29 is 10.1 Å². The predicted molar refractivity (Wildman–Crippen MR) is 75.8 cm³/mol. The van der Waals surface area contributed by atoms with Crippen LogP contribution in [0.3, 0.4) is 0 Å². The third-order valence-corrected chi connectivity index (χ3v) is 5.82. The Morgan fingerprint density at radius 1 is 1.21 bits per heavy atom. The Morgan fingerprint density at radius 2 is 1.95 bits per heavy atom. The zero-order valence-corrected chi connectivity index (χ0v) is 12.6. The van der Waals surface area contributed by atoms with Gasteiger partial charge in [0.2, 0.25) is 0 Å². The van der Waals surface area contributed by atoms with E-state index < -0.39 is 0 Å². The van der Waals surface area contributed by atoms with E-state index in [9.17, 15) is 4.79 Å². The zero-order valence-electron chi connectivity index (χ0n) is 12.6. The molecule has 0 aromatic carbocycles. The molecule has 1 saturated heterocycles. The summed E-state index contributed by atoms with van der Waals surface area (Å²) >= 11 is 0. The number of hydrogen-bond acceptors (Lipinski definition) is 2. The summed E-state index contributed by atoms with van der Waals surface area (Å²) in [6.07, 6.45) is 7.36. The fourth-order valence-electron chi connectivity index (χ4n) is 5.17. The lowest BCUT2D eigenvalue weighted by atomic mass is 9.61. The summed E-state index contributed by atoms with van der Waals surface area (Å²) in [5.74, 6) is 1.49. The van der Waals surface area contributed by atoms with E-state index in [0.717, 1.165) is 12.5 Å². The van der Waals surface area contributed by atoms with E-state index in [1.165, 1.54) is 32.1 Å². The van der Waals surface area contributed by atoms with E-state index in [-0.39, 0.29) is 11.3 Å². The molecule has 3 rings (SSSR count). The largest absolute Gasteiger partial charge is 0.340 e. The highest BCUT2D eigenvalue weighted by atomic mass is 16.1. The molecule has 5 unspecified atom stereocenters. The molecule has 0 aromatic heterocycles. The summed E-state index contributed by atoms with van der Waals surface area (Å²) in [6, 6.07) is 1.71. The van der Waals surface area contributed by atoms with Crippen molar-refractivity contribution in [2.24, 2.45) is 17.3 Å². The Kier molecular flexibility index (Phi) is 3.46. The average Bonchev–Trinajstić information content (AvgIpc) is 2.34. The summed E-state index contributed by atoms with van der Waals surface area (Å²) in [4.78, 5) is 12.6. The first-order chi connectivity index (χ1) is 9.02. The lowest BCUT2D eigenvalue weighted by molar-refractivity contribution is -0.747. The number of piperidine rings is 1. The van der Waals surface area contributed by atoms with Crippen molar-refractivity contribution in [2.45, 2.75) is 70.5 Å². The molecular formula is C16H29N2O+. The monoisotopic (exact) mass is 265 g/mol. The molecular weight excluding hydrogens is 236 g/mol. The molecule has 5 atom stereocenters. The summed E-state index contributed by atoms with van der Waals surface area (Å²) in [6.45, 7) is 4.52. The van der Waals surface area contributed by atoms with Crippen LogP contribution in [0.15, 0.2) is 0 Å². The minimum absolute atomic E-state index is 0.203. The molecule has 3 fully saturated rings. The molecule has 0 radical (unpaired) electrons. The molecule has 0 bridgehead atoms. The maximum absolute atomic E-state index is 12.6. The van der Waals surface area contributed by atoms with Crippen LogP contribution in [0, 0.1) is 17.3 Å². The standard InChI is InChI=1S/C16H28N2O/c1-16(2)8-12-14(13(19)9-16)15(17-3)10-6-4-5-7-11(10)18-12/h10-12,14-15,17-18H,4-9H2,1-3H3/p+1. The third-order valence-electron chi connectivity index (χ3n) is 5.82. The molecule has 0 amide bonds. The molecule has 3 N–H and O–H groups in total. The van der Waals surface area contributed by atoms with Gasteiger partial charge in [0, 0.05) is 24.8 Å². The number of fused-ring (bicyclic) bond motifs is 2. The van der Waals surface area contributed by atoms with Crippen molar-refractivity contribution in [3.8, 4) is 0 Å². The number of carbonyl (C=O) groups is 1. The molecule has 2 aliphatic carbocycles. The van der Waals surface area contributed by atoms with Gasteiger partial charge in [-0.1, -0.05) is 20.3 Å². The summed E-state index contributed by atoms with van der Waals surface area (Å²) in [5, 5.41) is 6.10. The smallest absolute Gasteiger partial charge is 0.144 e. The summed E-state index contributed by atoms with van der Waals surface area (Å²) in [5.41, 5.74) is 0.203. The maximum Gasteiger partial charge on any atom is 0.144 e. The highest BCUT2D eigenvalue weighted by Crippen LogP contribution is 2.41. The van der Waals surface area contributed by atoms with E-state index >= 15 is 0 Å². The van der Waals surface area contributed by atoms with Crippen LogP contribution in [0.2, 0.25) is 0 Å². The van der Waals surface area contributed by atoms with Gasteiger partial charge in [-0.15, -0.1) is 0 Å². The minimum Gasteiger partial charge on any atom is -0.340 e.